The maximum atomic E-state index is 11.9. The predicted octanol–water partition coefficient (Wildman–Crippen LogP) is 3.72. The Balaban J connectivity index is 1.74. The molecule has 2 aromatic carbocycles. The van der Waals surface area contributed by atoms with Crippen molar-refractivity contribution in [3.8, 4) is 0 Å². The van der Waals surface area contributed by atoms with Crippen LogP contribution in [0.2, 0.25) is 0 Å². The second-order valence-electron chi connectivity index (χ2n) is 6.50. The predicted molar refractivity (Wildman–Crippen MR) is 104 cm³/mol. The number of hydrogen-bond donors (Lipinski definition) is 0. The van der Waals surface area contributed by atoms with Crippen molar-refractivity contribution in [1.82, 2.24) is 9.97 Å². The van der Waals surface area contributed by atoms with Gasteiger partial charge in [0, 0.05) is 25.8 Å². The third-order valence-electron chi connectivity index (χ3n) is 4.73. The molecular weight excluding hydrogens is 342 g/mol. The number of anilines is 3. The molecular formula is C20H19N5O2. The molecule has 27 heavy (non-hydrogen) atoms. The first kappa shape index (κ1) is 17.0. The maximum Gasteiger partial charge on any atom is 0.353 e. The Bertz CT molecular complexity index is 977. The van der Waals surface area contributed by atoms with Gasteiger partial charge in [-0.15, -0.1) is 0 Å². The van der Waals surface area contributed by atoms with Crippen LogP contribution in [0.15, 0.2) is 60.9 Å². The third kappa shape index (κ3) is 3.19. The van der Waals surface area contributed by atoms with Gasteiger partial charge in [0.1, 0.15) is 6.33 Å². The van der Waals surface area contributed by atoms with Crippen molar-refractivity contribution >= 4 is 23.0 Å². The van der Waals surface area contributed by atoms with Gasteiger partial charge in [-0.25, -0.2) is 9.97 Å². The molecule has 0 aliphatic carbocycles. The highest BCUT2D eigenvalue weighted by Gasteiger charge is 2.32. The van der Waals surface area contributed by atoms with E-state index in [1.165, 1.54) is 11.9 Å². The van der Waals surface area contributed by atoms with Crippen molar-refractivity contribution in [2.45, 2.75) is 13.0 Å². The zero-order valence-corrected chi connectivity index (χ0v) is 14.9. The summed E-state index contributed by atoms with van der Waals surface area (Å²) < 4.78 is 0. The second-order valence-corrected chi connectivity index (χ2v) is 6.50. The Kier molecular flexibility index (Phi) is 4.42. The number of rotatable bonds is 5. The Morgan fingerprint density at radius 3 is 2.63 bits per heavy atom. The average molecular weight is 361 g/mol. The highest BCUT2D eigenvalue weighted by molar-refractivity contribution is 5.78. The fourth-order valence-corrected chi connectivity index (χ4v) is 3.49. The Morgan fingerprint density at radius 1 is 1.11 bits per heavy atom. The smallest absolute Gasteiger partial charge is 0.349 e. The van der Waals surface area contributed by atoms with E-state index in [0.29, 0.717) is 24.7 Å². The molecule has 0 fully saturated rings. The Morgan fingerprint density at radius 2 is 1.85 bits per heavy atom. The van der Waals surface area contributed by atoms with Gasteiger partial charge in [0.05, 0.1) is 4.92 Å². The number of fused-ring (bicyclic) bond motifs is 1. The first-order valence-electron chi connectivity index (χ1n) is 8.75. The van der Waals surface area contributed by atoms with Crippen LogP contribution in [-0.2, 0) is 13.0 Å². The average Bonchev–Trinajstić information content (AvgIpc) is 3.12. The van der Waals surface area contributed by atoms with Gasteiger partial charge in [-0.3, -0.25) is 10.1 Å². The zero-order valence-electron chi connectivity index (χ0n) is 14.9. The fraction of sp³-hybridized carbons (Fsp3) is 0.200. The highest BCUT2D eigenvalue weighted by atomic mass is 16.6. The van der Waals surface area contributed by atoms with Gasteiger partial charge in [0.2, 0.25) is 11.6 Å². The number of benzene rings is 2. The van der Waals surface area contributed by atoms with E-state index in [1.807, 2.05) is 66.5 Å². The lowest BCUT2D eigenvalue weighted by atomic mass is 10.2. The van der Waals surface area contributed by atoms with Gasteiger partial charge in [0.25, 0.3) is 0 Å². The molecule has 7 nitrogen and oxygen atoms in total. The SMILES string of the molecule is CN(Cc1ccccc1)c1ncnc(N2CCc3ccccc32)c1[N+](=O)[O-]. The Hall–Kier alpha value is -3.48. The van der Waals surface area contributed by atoms with Crippen molar-refractivity contribution in [1.29, 1.82) is 0 Å². The summed E-state index contributed by atoms with van der Waals surface area (Å²) in [6, 6.07) is 17.8. The maximum absolute atomic E-state index is 11.9. The summed E-state index contributed by atoms with van der Waals surface area (Å²) in [6.45, 7) is 1.19. The lowest BCUT2D eigenvalue weighted by Gasteiger charge is -2.22. The number of aromatic nitrogens is 2. The lowest BCUT2D eigenvalue weighted by Crippen LogP contribution is -2.22. The van der Waals surface area contributed by atoms with Gasteiger partial charge < -0.3 is 9.80 Å². The molecule has 0 bridgehead atoms. The van der Waals surface area contributed by atoms with Crippen molar-refractivity contribution in [3.63, 3.8) is 0 Å². The lowest BCUT2D eigenvalue weighted by molar-refractivity contribution is -0.383. The van der Waals surface area contributed by atoms with E-state index in [2.05, 4.69) is 9.97 Å². The van der Waals surface area contributed by atoms with Crippen molar-refractivity contribution in [2.24, 2.45) is 0 Å². The molecule has 0 atom stereocenters. The minimum absolute atomic E-state index is 0.0624. The van der Waals surface area contributed by atoms with Gasteiger partial charge >= 0.3 is 5.69 Å². The standard InChI is InChI=1S/C20H19N5O2/c1-23(13-15-7-3-2-4-8-15)19-18(25(26)27)20(22-14-21-19)24-12-11-16-9-5-6-10-17(16)24/h2-10,14H,11-13H2,1H3. The second kappa shape index (κ2) is 7.03. The molecule has 0 unspecified atom stereocenters. The van der Waals surface area contributed by atoms with Crippen LogP contribution in [0.1, 0.15) is 11.1 Å². The molecule has 1 aliphatic heterocycles. The summed E-state index contributed by atoms with van der Waals surface area (Å²) in [6.07, 6.45) is 2.24. The molecule has 3 aromatic rings. The van der Waals surface area contributed by atoms with Crippen molar-refractivity contribution in [2.75, 3.05) is 23.4 Å². The summed E-state index contributed by atoms with van der Waals surface area (Å²) in [5.74, 6) is 0.660. The van der Waals surface area contributed by atoms with Crippen LogP contribution in [0.3, 0.4) is 0 Å². The highest BCUT2D eigenvalue weighted by Crippen LogP contribution is 2.41. The van der Waals surface area contributed by atoms with Gasteiger partial charge in [-0.1, -0.05) is 48.5 Å². The molecule has 2 heterocycles. The summed E-state index contributed by atoms with van der Waals surface area (Å²) in [5.41, 5.74) is 3.13. The summed E-state index contributed by atoms with van der Waals surface area (Å²) in [7, 11) is 1.81. The van der Waals surface area contributed by atoms with Crippen LogP contribution in [0.5, 0.6) is 0 Å². The molecule has 4 rings (SSSR count). The monoisotopic (exact) mass is 361 g/mol. The minimum atomic E-state index is -0.382. The van der Waals surface area contributed by atoms with Crippen LogP contribution in [0.4, 0.5) is 23.0 Å². The van der Waals surface area contributed by atoms with Crippen LogP contribution in [0.25, 0.3) is 0 Å². The molecule has 1 aromatic heterocycles. The van der Waals surface area contributed by atoms with Crippen LogP contribution in [-0.4, -0.2) is 28.5 Å². The molecule has 0 N–H and O–H groups in total. The van der Waals surface area contributed by atoms with Crippen molar-refractivity contribution < 1.29 is 4.92 Å². The fourth-order valence-electron chi connectivity index (χ4n) is 3.49. The summed E-state index contributed by atoms with van der Waals surface area (Å²) in [5, 5.41) is 11.9. The zero-order chi connectivity index (χ0) is 18.8. The third-order valence-corrected chi connectivity index (χ3v) is 4.73. The Labute approximate surface area is 157 Å². The van der Waals surface area contributed by atoms with E-state index >= 15 is 0 Å². The molecule has 0 radical (unpaired) electrons. The van der Waals surface area contributed by atoms with E-state index in [1.54, 1.807) is 4.90 Å². The number of para-hydroxylation sites is 1. The van der Waals surface area contributed by atoms with Crippen LogP contribution >= 0.6 is 0 Å². The first-order chi connectivity index (χ1) is 13.1. The van der Waals surface area contributed by atoms with E-state index in [0.717, 1.165) is 17.7 Å². The number of hydrogen-bond acceptors (Lipinski definition) is 6. The van der Waals surface area contributed by atoms with Crippen LogP contribution < -0.4 is 9.80 Å². The van der Waals surface area contributed by atoms with Crippen LogP contribution in [0, 0.1) is 10.1 Å². The molecule has 0 saturated carbocycles. The van der Waals surface area contributed by atoms with E-state index in [9.17, 15) is 10.1 Å². The van der Waals surface area contributed by atoms with E-state index < -0.39 is 0 Å². The molecule has 0 spiro atoms. The summed E-state index contributed by atoms with van der Waals surface area (Å²) in [4.78, 5) is 23.8. The first-order valence-corrected chi connectivity index (χ1v) is 8.75. The molecule has 136 valence electrons. The molecule has 7 heteroatoms. The topological polar surface area (TPSA) is 75.4 Å². The molecule has 0 saturated heterocycles. The number of nitrogens with zero attached hydrogens (tertiary/aromatic N) is 5. The molecule has 0 amide bonds. The largest absolute Gasteiger partial charge is 0.353 e. The van der Waals surface area contributed by atoms with Gasteiger partial charge in [-0.05, 0) is 23.6 Å². The normalized spacial score (nSPS) is 12.7. The van der Waals surface area contributed by atoms with Gasteiger partial charge in [-0.2, -0.15) is 0 Å². The quantitative estimate of drug-likeness (QED) is 0.509. The summed E-state index contributed by atoms with van der Waals surface area (Å²) >= 11 is 0. The van der Waals surface area contributed by atoms with Crippen molar-refractivity contribution in [3.05, 3.63) is 82.2 Å². The van der Waals surface area contributed by atoms with Gasteiger partial charge in [0.15, 0.2) is 0 Å². The number of nitro groups is 1. The minimum Gasteiger partial charge on any atom is -0.349 e. The van der Waals surface area contributed by atoms with E-state index in [4.69, 9.17) is 0 Å². The van der Waals surface area contributed by atoms with E-state index in [-0.39, 0.29) is 10.6 Å². The molecule has 1 aliphatic rings.